The Kier molecular flexibility index (Phi) is 4.19. The third kappa shape index (κ3) is 3.25. The summed E-state index contributed by atoms with van der Waals surface area (Å²) in [5.41, 5.74) is 1.93. The van der Waals surface area contributed by atoms with Crippen LogP contribution in [-0.4, -0.2) is 35.8 Å². The van der Waals surface area contributed by atoms with Crippen molar-refractivity contribution < 1.29 is 8.42 Å². The molecule has 2 aromatic heterocycles. The van der Waals surface area contributed by atoms with Crippen molar-refractivity contribution in [3.05, 3.63) is 48.8 Å². The highest BCUT2D eigenvalue weighted by Crippen LogP contribution is 2.23. The van der Waals surface area contributed by atoms with Gasteiger partial charge in [-0.25, -0.2) is 13.4 Å². The maximum Gasteiger partial charge on any atom is 0.244 e. The highest BCUT2D eigenvalue weighted by Gasteiger charge is 2.26. The lowest BCUT2D eigenvalue weighted by Gasteiger charge is -2.25. The van der Waals surface area contributed by atoms with Crippen LogP contribution < -0.4 is 5.32 Å². The van der Waals surface area contributed by atoms with Gasteiger partial charge in [0.2, 0.25) is 10.0 Å². The second-order valence-corrected chi connectivity index (χ2v) is 8.19. The Morgan fingerprint density at radius 2 is 1.88 bits per heavy atom. The number of hydrogen-bond donors (Lipinski definition) is 2. The van der Waals surface area contributed by atoms with E-state index in [1.54, 1.807) is 16.4 Å². The SMILES string of the molecule is O=S(=O)(c1ccc(Nc2ccc3cc[nH]c3c2)nc1)N1CCCCC1. The molecule has 7 heteroatoms. The van der Waals surface area contributed by atoms with Gasteiger partial charge in [-0.3, -0.25) is 0 Å². The van der Waals surface area contributed by atoms with E-state index in [1.807, 2.05) is 30.5 Å². The van der Waals surface area contributed by atoms with Crippen molar-refractivity contribution in [3.8, 4) is 0 Å². The molecule has 130 valence electrons. The number of nitrogens with one attached hydrogen (secondary N) is 2. The molecule has 1 aliphatic rings. The van der Waals surface area contributed by atoms with Gasteiger partial charge >= 0.3 is 0 Å². The molecule has 0 spiro atoms. The van der Waals surface area contributed by atoms with Crippen LogP contribution in [0.2, 0.25) is 0 Å². The molecule has 25 heavy (non-hydrogen) atoms. The maximum absolute atomic E-state index is 12.6. The summed E-state index contributed by atoms with van der Waals surface area (Å²) >= 11 is 0. The van der Waals surface area contributed by atoms with Gasteiger partial charge in [0.05, 0.1) is 0 Å². The molecular formula is C18H20N4O2S. The molecule has 0 aliphatic carbocycles. The fourth-order valence-corrected chi connectivity index (χ4v) is 4.60. The first-order chi connectivity index (χ1) is 12.1. The minimum absolute atomic E-state index is 0.250. The van der Waals surface area contributed by atoms with Crippen LogP contribution in [0.3, 0.4) is 0 Å². The van der Waals surface area contributed by atoms with Gasteiger partial charge in [0.1, 0.15) is 10.7 Å². The number of nitrogens with zero attached hydrogens (tertiary/aromatic N) is 2. The molecule has 0 saturated carbocycles. The molecule has 3 aromatic rings. The van der Waals surface area contributed by atoms with E-state index in [4.69, 9.17) is 0 Å². The van der Waals surface area contributed by atoms with Crippen LogP contribution in [0, 0.1) is 0 Å². The van der Waals surface area contributed by atoms with Gasteiger partial charge in [-0.2, -0.15) is 4.31 Å². The lowest BCUT2D eigenvalue weighted by atomic mass is 10.2. The lowest BCUT2D eigenvalue weighted by molar-refractivity contribution is 0.346. The van der Waals surface area contributed by atoms with Crippen molar-refractivity contribution in [2.24, 2.45) is 0 Å². The molecular weight excluding hydrogens is 336 g/mol. The average molecular weight is 356 g/mol. The lowest BCUT2D eigenvalue weighted by Crippen LogP contribution is -2.35. The number of benzene rings is 1. The maximum atomic E-state index is 12.6. The van der Waals surface area contributed by atoms with Crippen LogP contribution in [-0.2, 0) is 10.0 Å². The van der Waals surface area contributed by atoms with Crippen molar-refractivity contribution in [1.82, 2.24) is 14.3 Å². The molecule has 3 heterocycles. The zero-order valence-electron chi connectivity index (χ0n) is 13.8. The van der Waals surface area contributed by atoms with E-state index in [0.717, 1.165) is 35.9 Å². The molecule has 2 N–H and O–H groups in total. The van der Waals surface area contributed by atoms with Gasteiger partial charge in [0.15, 0.2) is 0 Å². The topological polar surface area (TPSA) is 78.1 Å². The first-order valence-corrected chi connectivity index (χ1v) is 9.87. The third-order valence-corrected chi connectivity index (χ3v) is 6.40. The van der Waals surface area contributed by atoms with E-state index >= 15 is 0 Å². The molecule has 0 radical (unpaired) electrons. The summed E-state index contributed by atoms with van der Waals surface area (Å²) in [4.78, 5) is 7.69. The molecule has 1 aliphatic heterocycles. The number of aromatic amines is 1. The average Bonchev–Trinajstić information content (AvgIpc) is 3.11. The van der Waals surface area contributed by atoms with Crippen molar-refractivity contribution in [2.45, 2.75) is 24.2 Å². The summed E-state index contributed by atoms with van der Waals surface area (Å²) < 4.78 is 26.8. The number of rotatable bonds is 4. The minimum atomic E-state index is -3.43. The normalized spacial score (nSPS) is 16.2. The molecule has 0 bridgehead atoms. The molecule has 1 aromatic carbocycles. The van der Waals surface area contributed by atoms with Crippen molar-refractivity contribution in [2.75, 3.05) is 18.4 Å². The van der Waals surface area contributed by atoms with Gasteiger partial charge in [-0.15, -0.1) is 0 Å². The predicted molar refractivity (Wildman–Crippen MR) is 98.4 cm³/mol. The van der Waals surface area contributed by atoms with E-state index in [0.29, 0.717) is 18.9 Å². The highest BCUT2D eigenvalue weighted by atomic mass is 32.2. The summed E-state index contributed by atoms with van der Waals surface area (Å²) in [5, 5.41) is 4.34. The summed E-state index contributed by atoms with van der Waals surface area (Å²) in [6, 6.07) is 11.3. The van der Waals surface area contributed by atoms with E-state index in [2.05, 4.69) is 15.3 Å². The summed E-state index contributed by atoms with van der Waals surface area (Å²) in [7, 11) is -3.43. The molecule has 4 rings (SSSR count). The number of H-pyrrole nitrogens is 1. The van der Waals surface area contributed by atoms with Crippen LogP contribution in [0.15, 0.2) is 53.7 Å². The quantitative estimate of drug-likeness (QED) is 0.750. The summed E-state index contributed by atoms with van der Waals surface area (Å²) in [6.45, 7) is 1.19. The number of piperidine rings is 1. The Morgan fingerprint density at radius 1 is 1.04 bits per heavy atom. The number of sulfonamides is 1. The Balaban J connectivity index is 1.53. The summed E-state index contributed by atoms with van der Waals surface area (Å²) in [6.07, 6.45) is 6.27. The van der Waals surface area contributed by atoms with E-state index in [1.165, 1.54) is 6.20 Å². The monoisotopic (exact) mass is 356 g/mol. The Morgan fingerprint density at radius 3 is 2.64 bits per heavy atom. The Hall–Kier alpha value is -2.38. The number of hydrogen-bond acceptors (Lipinski definition) is 4. The van der Waals surface area contributed by atoms with Gasteiger partial charge in [-0.1, -0.05) is 12.5 Å². The van der Waals surface area contributed by atoms with Gasteiger partial charge < -0.3 is 10.3 Å². The highest BCUT2D eigenvalue weighted by molar-refractivity contribution is 7.89. The van der Waals surface area contributed by atoms with Crippen molar-refractivity contribution in [1.29, 1.82) is 0 Å². The van der Waals surface area contributed by atoms with Crippen LogP contribution in [0.25, 0.3) is 10.9 Å². The minimum Gasteiger partial charge on any atom is -0.361 e. The van der Waals surface area contributed by atoms with E-state index < -0.39 is 10.0 Å². The second-order valence-electron chi connectivity index (χ2n) is 6.25. The van der Waals surface area contributed by atoms with Crippen LogP contribution in [0.1, 0.15) is 19.3 Å². The number of anilines is 2. The Bertz CT molecular complexity index is 974. The third-order valence-electron chi connectivity index (χ3n) is 4.52. The van der Waals surface area contributed by atoms with E-state index in [-0.39, 0.29) is 4.90 Å². The predicted octanol–water partition coefficient (Wildman–Crippen LogP) is 3.48. The fraction of sp³-hybridized carbons (Fsp3) is 0.278. The van der Waals surface area contributed by atoms with Gasteiger partial charge in [0.25, 0.3) is 0 Å². The molecule has 0 atom stereocenters. The van der Waals surface area contributed by atoms with Gasteiger partial charge in [0, 0.05) is 36.7 Å². The molecule has 1 fully saturated rings. The first-order valence-electron chi connectivity index (χ1n) is 8.43. The smallest absolute Gasteiger partial charge is 0.244 e. The molecule has 0 unspecified atom stereocenters. The fourth-order valence-electron chi connectivity index (χ4n) is 3.13. The number of aromatic nitrogens is 2. The molecule has 1 saturated heterocycles. The number of pyridine rings is 1. The zero-order valence-corrected chi connectivity index (χ0v) is 14.6. The van der Waals surface area contributed by atoms with Gasteiger partial charge in [-0.05, 0) is 48.6 Å². The second kappa shape index (κ2) is 6.50. The van der Waals surface area contributed by atoms with Crippen LogP contribution >= 0.6 is 0 Å². The number of fused-ring (bicyclic) bond motifs is 1. The van der Waals surface area contributed by atoms with Crippen LogP contribution in [0.4, 0.5) is 11.5 Å². The molecule has 6 nitrogen and oxygen atoms in total. The Labute approximate surface area is 146 Å². The zero-order chi connectivity index (χ0) is 17.3. The van der Waals surface area contributed by atoms with Crippen molar-refractivity contribution >= 4 is 32.4 Å². The van der Waals surface area contributed by atoms with Crippen LogP contribution in [0.5, 0.6) is 0 Å². The summed E-state index contributed by atoms with van der Waals surface area (Å²) in [5.74, 6) is 0.614. The van der Waals surface area contributed by atoms with Crippen molar-refractivity contribution in [3.63, 3.8) is 0 Å². The largest absolute Gasteiger partial charge is 0.361 e. The standard InChI is InChI=1S/C18H20N4O2S/c23-25(24,22-10-2-1-3-11-22)16-6-7-18(20-13-16)21-15-5-4-14-8-9-19-17(14)12-15/h4-9,12-13,19H,1-3,10-11H2,(H,20,21). The molecule has 0 amide bonds. The van der Waals surface area contributed by atoms with E-state index in [9.17, 15) is 8.42 Å². The first kappa shape index (κ1) is 16.1.